The second kappa shape index (κ2) is 18.8. The summed E-state index contributed by atoms with van der Waals surface area (Å²) in [5.74, 6) is 0.302. The van der Waals surface area contributed by atoms with Gasteiger partial charge in [0, 0.05) is 37.7 Å². The van der Waals surface area contributed by atoms with E-state index in [1.165, 1.54) is 0 Å². The van der Waals surface area contributed by atoms with Crippen LogP contribution >= 0.6 is 0 Å². The molecule has 8 heteroatoms. The number of aromatic nitrogens is 1. The number of hydrogen-bond donors (Lipinski definition) is 3. The fourth-order valence-corrected chi connectivity index (χ4v) is 3.85. The minimum atomic E-state index is -0.703. The molecule has 1 atom stereocenters. The van der Waals surface area contributed by atoms with E-state index in [1.54, 1.807) is 6.20 Å². The smallest absolute Gasteiger partial charge is 0.242 e. The number of carbonyl (C=O) groups excluding carboxylic acids is 3. The molecule has 8 nitrogen and oxygen atoms in total. The molecular weight excluding hydrogens is 480 g/mol. The van der Waals surface area contributed by atoms with Crippen molar-refractivity contribution in [2.24, 2.45) is 0 Å². The van der Waals surface area contributed by atoms with Crippen molar-refractivity contribution in [2.75, 3.05) is 19.7 Å². The minimum Gasteiger partial charge on any atom is -0.494 e. The zero-order chi connectivity index (χ0) is 27.4. The Labute approximate surface area is 227 Å². The van der Waals surface area contributed by atoms with E-state index in [1.807, 2.05) is 42.5 Å². The summed E-state index contributed by atoms with van der Waals surface area (Å²) in [4.78, 5) is 41.6. The van der Waals surface area contributed by atoms with E-state index in [4.69, 9.17) is 4.74 Å². The maximum Gasteiger partial charge on any atom is 0.242 e. The van der Waals surface area contributed by atoms with Crippen LogP contribution in [0, 0.1) is 0 Å². The second-order valence-corrected chi connectivity index (χ2v) is 9.41. The van der Waals surface area contributed by atoms with Crippen LogP contribution in [-0.4, -0.2) is 48.4 Å². The molecule has 0 radical (unpaired) electrons. The van der Waals surface area contributed by atoms with E-state index >= 15 is 0 Å². The van der Waals surface area contributed by atoms with Crippen LogP contribution in [0.3, 0.4) is 0 Å². The lowest BCUT2D eigenvalue weighted by molar-refractivity contribution is -0.129. The first-order chi connectivity index (χ1) is 18.5. The van der Waals surface area contributed by atoms with Crippen LogP contribution in [0.1, 0.15) is 78.1 Å². The Morgan fingerprint density at radius 1 is 0.842 bits per heavy atom. The van der Waals surface area contributed by atoms with Crippen molar-refractivity contribution in [1.29, 1.82) is 0 Å². The highest BCUT2D eigenvalue weighted by atomic mass is 16.5. The number of pyridine rings is 1. The Morgan fingerprint density at radius 2 is 1.63 bits per heavy atom. The molecule has 0 aliphatic heterocycles. The lowest BCUT2D eigenvalue weighted by Crippen LogP contribution is -2.47. The molecule has 0 unspecified atom stereocenters. The summed E-state index contributed by atoms with van der Waals surface area (Å²) < 4.78 is 5.89. The van der Waals surface area contributed by atoms with Gasteiger partial charge in [-0.05, 0) is 62.8 Å². The van der Waals surface area contributed by atoms with Crippen LogP contribution < -0.4 is 20.7 Å². The van der Waals surface area contributed by atoms with Crippen molar-refractivity contribution < 1.29 is 19.1 Å². The normalized spacial score (nSPS) is 11.4. The van der Waals surface area contributed by atoms with E-state index in [0.717, 1.165) is 55.5 Å². The molecule has 3 amide bonds. The number of carbonyl (C=O) groups is 3. The van der Waals surface area contributed by atoms with E-state index in [0.29, 0.717) is 32.5 Å². The predicted molar refractivity (Wildman–Crippen MR) is 151 cm³/mol. The molecule has 3 N–H and O–H groups in total. The van der Waals surface area contributed by atoms with Gasteiger partial charge in [0.15, 0.2) is 0 Å². The third kappa shape index (κ3) is 12.7. The maximum absolute atomic E-state index is 12.6. The first-order valence-corrected chi connectivity index (χ1v) is 14.0. The van der Waals surface area contributed by atoms with Gasteiger partial charge in [-0.2, -0.15) is 0 Å². The summed E-state index contributed by atoms with van der Waals surface area (Å²) in [5.41, 5.74) is 1.91. The van der Waals surface area contributed by atoms with Gasteiger partial charge in [-0.1, -0.05) is 44.9 Å². The third-order valence-corrected chi connectivity index (χ3v) is 6.11. The van der Waals surface area contributed by atoms with Gasteiger partial charge in [0.1, 0.15) is 11.8 Å². The molecule has 0 bridgehead atoms. The average Bonchev–Trinajstić information content (AvgIpc) is 2.93. The lowest BCUT2D eigenvalue weighted by Gasteiger charge is -2.18. The monoisotopic (exact) mass is 524 g/mol. The Kier molecular flexibility index (Phi) is 15.2. The Morgan fingerprint density at radius 3 is 2.37 bits per heavy atom. The van der Waals surface area contributed by atoms with E-state index in [9.17, 15) is 14.4 Å². The highest BCUT2D eigenvalue weighted by Crippen LogP contribution is 2.22. The highest BCUT2D eigenvalue weighted by molar-refractivity contribution is 5.88. The van der Waals surface area contributed by atoms with Gasteiger partial charge in [0.05, 0.1) is 12.3 Å². The topological polar surface area (TPSA) is 109 Å². The molecule has 2 rings (SSSR count). The number of benzene rings is 1. The van der Waals surface area contributed by atoms with Crippen LogP contribution in [0.15, 0.2) is 48.7 Å². The van der Waals surface area contributed by atoms with E-state index < -0.39 is 6.04 Å². The molecular formula is C30H44N4O4. The standard InChI is InChI=1S/C30H44N4O4/c1-3-5-19-32-28(35)18-17-27(30(37)33-20-6-4-2)34-29(36)16-8-7-11-22-38-25-14-12-13-24(23-25)26-15-9-10-21-31-26/h9-10,12-15,21,23,27H,3-8,11,16-20,22H2,1-2H3,(H,32,35)(H,33,37)(H,34,36)/t27-/m0/s1. The highest BCUT2D eigenvalue weighted by Gasteiger charge is 2.21. The third-order valence-electron chi connectivity index (χ3n) is 6.11. The maximum atomic E-state index is 12.6. The van der Waals surface area contributed by atoms with Gasteiger partial charge in [-0.25, -0.2) is 0 Å². The fourth-order valence-electron chi connectivity index (χ4n) is 3.85. The van der Waals surface area contributed by atoms with Crippen molar-refractivity contribution in [1.82, 2.24) is 20.9 Å². The number of hydrogen-bond acceptors (Lipinski definition) is 5. The van der Waals surface area contributed by atoms with Crippen LogP contribution in [0.25, 0.3) is 11.3 Å². The van der Waals surface area contributed by atoms with Crippen LogP contribution in [0.5, 0.6) is 5.75 Å². The quantitative estimate of drug-likeness (QED) is 0.229. The largest absolute Gasteiger partial charge is 0.494 e. The molecule has 0 aliphatic carbocycles. The summed E-state index contributed by atoms with van der Waals surface area (Å²) >= 11 is 0. The fraction of sp³-hybridized carbons (Fsp3) is 0.533. The first-order valence-electron chi connectivity index (χ1n) is 14.0. The molecule has 0 saturated heterocycles. The van der Waals surface area contributed by atoms with Crippen molar-refractivity contribution in [2.45, 2.75) is 84.1 Å². The number of unbranched alkanes of at least 4 members (excludes halogenated alkanes) is 4. The Balaban J connectivity index is 1.70. The van der Waals surface area contributed by atoms with E-state index in [-0.39, 0.29) is 30.6 Å². The van der Waals surface area contributed by atoms with Gasteiger partial charge in [-0.3, -0.25) is 19.4 Å². The lowest BCUT2D eigenvalue weighted by atomic mass is 10.1. The number of nitrogens with one attached hydrogen (secondary N) is 3. The number of ether oxygens (including phenoxy) is 1. The molecule has 0 aliphatic rings. The number of nitrogens with zero attached hydrogens (tertiary/aromatic N) is 1. The van der Waals surface area contributed by atoms with Crippen molar-refractivity contribution in [3.05, 3.63) is 48.7 Å². The summed E-state index contributed by atoms with van der Waals surface area (Å²) in [6, 6.07) is 13.0. The van der Waals surface area contributed by atoms with Gasteiger partial charge >= 0.3 is 0 Å². The van der Waals surface area contributed by atoms with Crippen LogP contribution in [0.2, 0.25) is 0 Å². The molecule has 2 aromatic rings. The predicted octanol–water partition coefficient (Wildman–Crippen LogP) is 4.79. The molecule has 0 saturated carbocycles. The molecule has 38 heavy (non-hydrogen) atoms. The number of amides is 3. The van der Waals surface area contributed by atoms with Crippen molar-refractivity contribution in [3.63, 3.8) is 0 Å². The molecule has 1 heterocycles. The SMILES string of the molecule is CCCCNC(=O)CC[C@H](NC(=O)CCCCCOc1cccc(-c2ccccn2)c1)C(=O)NCCCC. The average molecular weight is 525 g/mol. The molecule has 0 spiro atoms. The molecule has 1 aromatic carbocycles. The Bertz CT molecular complexity index is 968. The second-order valence-electron chi connectivity index (χ2n) is 9.41. The molecule has 1 aromatic heterocycles. The van der Waals surface area contributed by atoms with Gasteiger partial charge in [0.2, 0.25) is 17.7 Å². The first kappa shape index (κ1) is 30.8. The summed E-state index contributed by atoms with van der Waals surface area (Å²) in [6.45, 7) is 5.87. The van der Waals surface area contributed by atoms with Gasteiger partial charge in [0.25, 0.3) is 0 Å². The van der Waals surface area contributed by atoms with Crippen LogP contribution in [0.4, 0.5) is 0 Å². The zero-order valence-corrected chi connectivity index (χ0v) is 23.0. The summed E-state index contributed by atoms with van der Waals surface area (Å²) in [7, 11) is 0. The van der Waals surface area contributed by atoms with Gasteiger partial charge < -0.3 is 20.7 Å². The van der Waals surface area contributed by atoms with Crippen LogP contribution in [-0.2, 0) is 14.4 Å². The Hall–Kier alpha value is -3.42. The number of rotatable bonds is 19. The molecule has 208 valence electrons. The summed E-state index contributed by atoms with van der Waals surface area (Å²) in [5, 5.41) is 8.57. The molecule has 0 fully saturated rings. The van der Waals surface area contributed by atoms with E-state index in [2.05, 4.69) is 34.8 Å². The van der Waals surface area contributed by atoms with Crippen molar-refractivity contribution >= 4 is 17.7 Å². The summed E-state index contributed by atoms with van der Waals surface area (Å²) in [6.07, 6.45) is 8.71. The minimum absolute atomic E-state index is 0.0929. The zero-order valence-electron chi connectivity index (χ0n) is 23.0. The van der Waals surface area contributed by atoms with Crippen molar-refractivity contribution in [3.8, 4) is 17.0 Å². The van der Waals surface area contributed by atoms with Gasteiger partial charge in [-0.15, -0.1) is 0 Å².